The third-order valence-electron chi connectivity index (χ3n) is 5.81. The molecular weight excluding hydrogens is 382 g/mol. The highest BCUT2D eigenvalue weighted by Crippen LogP contribution is 2.20. The van der Waals surface area contributed by atoms with E-state index in [1.165, 1.54) is 6.92 Å². The molecule has 0 aromatic rings. The standard InChI is InChI=1S/C23H43N3O4/c1-10-13-24-23(11-2,12-3)22(30)25-19(16(6)7)20(27)26(9)18(15(4)5)14-17(8)21(28)29/h14-16,18-19,24H,10-13H2,1-9H3,(H,25,30)(H,28,29)/b17-14+/t18-,19?/m1/s1. The number of hydrogen-bond donors (Lipinski definition) is 3. The maximum Gasteiger partial charge on any atom is 0.331 e. The lowest BCUT2D eigenvalue weighted by molar-refractivity contribution is -0.140. The van der Waals surface area contributed by atoms with Gasteiger partial charge in [-0.15, -0.1) is 0 Å². The van der Waals surface area contributed by atoms with E-state index in [1.807, 2.05) is 41.5 Å². The minimum Gasteiger partial charge on any atom is -0.478 e. The Kier molecular flexibility index (Phi) is 11.9. The molecule has 0 saturated heterocycles. The number of rotatable bonds is 13. The highest BCUT2D eigenvalue weighted by Gasteiger charge is 2.38. The Morgan fingerprint density at radius 1 is 1.03 bits per heavy atom. The second kappa shape index (κ2) is 12.7. The van der Waals surface area contributed by atoms with Gasteiger partial charge < -0.3 is 20.6 Å². The van der Waals surface area contributed by atoms with Gasteiger partial charge in [0.2, 0.25) is 11.8 Å². The lowest BCUT2D eigenvalue weighted by atomic mass is 9.90. The molecule has 0 bridgehead atoms. The third-order valence-corrected chi connectivity index (χ3v) is 5.81. The van der Waals surface area contributed by atoms with Gasteiger partial charge in [0.15, 0.2) is 0 Å². The number of carbonyl (C=O) groups excluding carboxylic acids is 2. The Morgan fingerprint density at radius 3 is 1.93 bits per heavy atom. The van der Waals surface area contributed by atoms with Crippen molar-refractivity contribution in [3.05, 3.63) is 11.6 Å². The second-order valence-corrected chi connectivity index (χ2v) is 8.75. The highest BCUT2D eigenvalue weighted by atomic mass is 16.4. The third kappa shape index (κ3) is 7.42. The Bertz CT molecular complexity index is 610. The summed E-state index contributed by atoms with van der Waals surface area (Å²) in [5.41, 5.74) is -0.516. The van der Waals surface area contributed by atoms with Gasteiger partial charge >= 0.3 is 5.97 Å². The molecule has 174 valence electrons. The first-order valence-corrected chi connectivity index (χ1v) is 11.1. The molecule has 30 heavy (non-hydrogen) atoms. The predicted octanol–water partition coefficient (Wildman–Crippen LogP) is 3.20. The van der Waals surface area contributed by atoms with E-state index in [2.05, 4.69) is 17.6 Å². The van der Waals surface area contributed by atoms with Gasteiger partial charge in [-0.05, 0) is 44.6 Å². The van der Waals surface area contributed by atoms with E-state index in [9.17, 15) is 19.5 Å². The number of carboxylic acid groups (broad SMARTS) is 1. The van der Waals surface area contributed by atoms with Crippen LogP contribution in [0.25, 0.3) is 0 Å². The lowest BCUT2D eigenvalue weighted by Crippen LogP contribution is -2.62. The normalized spacial score (nSPS) is 14.6. The maximum absolute atomic E-state index is 13.3. The molecule has 0 aromatic heterocycles. The van der Waals surface area contributed by atoms with Crippen molar-refractivity contribution in [1.82, 2.24) is 15.5 Å². The van der Waals surface area contributed by atoms with Crippen LogP contribution in [0, 0.1) is 11.8 Å². The van der Waals surface area contributed by atoms with Crippen LogP contribution in [0.4, 0.5) is 0 Å². The van der Waals surface area contributed by atoms with Crippen LogP contribution in [-0.2, 0) is 14.4 Å². The molecule has 0 aliphatic heterocycles. The first-order chi connectivity index (χ1) is 13.9. The molecule has 0 aliphatic carbocycles. The van der Waals surface area contributed by atoms with Crippen LogP contribution >= 0.6 is 0 Å². The number of amides is 2. The first-order valence-electron chi connectivity index (χ1n) is 11.1. The Morgan fingerprint density at radius 2 is 1.57 bits per heavy atom. The fourth-order valence-corrected chi connectivity index (χ4v) is 3.50. The molecular formula is C23H43N3O4. The van der Waals surface area contributed by atoms with E-state index in [-0.39, 0.29) is 35.3 Å². The van der Waals surface area contributed by atoms with Crippen molar-refractivity contribution in [2.75, 3.05) is 13.6 Å². The number of carboxylic acids is 1. The van der Waals surface area contributed by atoms with Gasteiger partial charge in [-0.25, -0.2) is 4.79 Å². The van der Waals surface area contributed by atoms with Crippen molar-refractivity contribution in [3.63, 3.8) is 0 Å². The second-order valence-electron chi connectivity index (χ2n) is 8.75. The summed E-state index contributed by atoms with van der Waals surface area (Å²) in [6.07, 6.45) is 3.77. The van der Waals surface area contributed by atoms with Crippen molar-refractivity contribution in [1.29, 1.82) is 0 Å². The minimum absolute atomic E-state index is 0.0216. The predicted molar refractivity (Wildman–Crippen MR) is 121 cm³/mol. The molecule has 0 fully saturated rings. The molecule has 2 amide bonds. The number of nitrogens with one attached hydrogen (secondary N) is 2. The van der Waals surface area contributed by atoms with E-state index in [1.54, 1.807) is 18.0 Å². The molecule has 0 spiro atoms. The summed E-state index contributed by atoms with van der Waals surface area (Å²) in [5.74, 6) is -1.48. The minimum atomic E-state index is -1.01. The Balaban J connectivity index is 5.77. The van der Waals surface area contributed by atoms with Gasteiger partial charge in [0, 0.05) is 12.6 Å². The zero-order chi connectivity index (χ0) is 23.6. The zero-order valence-electron chi connectivity index (χ0n) is 20.3. The van der Waals surface area contributed by atoms with Crippen LogP contribution in [0.5, 0.6) is 0 Å². The molecule has 0 heterocycles. The van der Waals surface area contributed by atoms with E-state index in [4.69, 9.17) is 0 Å². The van der Waals surface area contributed by atoms with Crippen LogP contribution in [-0.4, -0.2) is 59.0 Å². The summed E-state index contributed by atoms with van der Waals surface area (Å²) in [7, 11) is 1.67. The van der Waals surface area contributed by atoms with Crippen LogP contribution in [0.1, 0.15) is 74.7 Å². The van der Waals surface area contributed by atoms with Crippen molar-refractivity contribution < 1.29 is 19.5 Å². The monoisotopic (exact) mass is 425 g/mol. The van der Waals surface area contributed by atoms with Gasteiger partial charge in [-0.1, -0.05) is 54.5 Å². The van der Waals surface area contributed by atoms with E-state index in [0.29, 0.717) is 12.8 Å². The van der Waals surface area contributed by atoms with Crippen molar-refractivity contribution >= 4 is 17.8 Å². The summed E-state index contributed by atoms with van der Waals surface area (Å²) in [4.78, 5) is 39.4. The molecule has 3 N–H and O–H groups in total. The SMILES string of the molecule is CCCNC(CC)(CC)C(=O)NC(C(=O)N(C)[C@H](/C=C(\C)C(=O)O)C(C)C)C(C)C. The van der Waals surface area contributed by atoms with Gasteiger partial charge in [0.1, 0.15) is 6.04 Å². The summed E-state index contributed by atoms with van der Waals surface area (Å²) in [6.45, 7) is 15.9. The largest absolute Gasteiger partial charge is 0.478 e. The van der Waals surface area contributed by atoms with Gasteiger partial charge in [-0.2, -0.15) is 0 Å². The number of nitrogens with zero attached hydrogens (tertiary/aromatic N) is 1. The van der Waals surface area contributed by atoms with Gasteiger partial charge in [0.25, 0.3) is 0 Å². The van der Waals surface area contributed by atoms with E-state index in [0.717, 1.165) is 13.0 Å². The average molecular weight is 426 g/mol. The van der Waals surface area contributed by atoms with Gasteiger partial charge in [0.05, 0.1) is 11.6 Å². The molecule has 0 aromatic carbocycles. The molecule has 2 atom stereocenters. The van der Waals surface area contributed by atoms with Crippen molar-refractivity contribution in [2.24, 2.45) is 11.8 Å². The molecule has 1 unspecified atom stereocenters. The summed E-state index contributed by atoms with van der Waals surface area (Å²) in [6, 6.07) is -1.07. The molecule has 0 rings (SSSR count). The molecule has 0 saturated carbocycles. The quantitative estimate of drug-likeness (QED) is 0.394. The maximum atomic E-state index is 13.3. The van der Waals surface area contributed by atoms with Crippen LogP contribution in [0.15, 0.2) is 11.6 Å². The lowest BCUT2D eigenvalue weighted by Gasteiger charge is -2.37. The number of aliphatic carboxylic acids is 1. The topological polar surface area (TPSA) is 98.7 Å². The number of likely N-dealkylation sites (N-methyl/N-ethyl adjacent to an activating group) is 1. The highest BCUT2D eigenvalue weighted by molar-refractivity contribution is 5.92. The van der Waals surface area contributed by atoms with Crippen molar-refractivity contribution in [2.45, 2.75) is 92.3 Å². The first kappa shape index (κ1) is 28.1. The van der Waals surface area contributed by atoms with Crippen LogP contribution < -0.4 is 10.6 Å². The molecule has 0 radical (unpaired) electrons. The summed E-state index contributed by atoms with van der Waals surface area (Å²) < 4.78 is 0. The molecule has 0 aliphatic rings. The Labute approximate surface area is 182 Å². The molecule has 7 heteroatoms. The fraction of sp³-hybridized carbons (Fsp3) is 0.783. The van der Waals surface area contributed by atoms with Crippen LogP contribution in [0.3, 0.4) is 0 Å². The van der Waals surface area contributed by atoms with E-state index >= 15 is 0 Å². The summed E-state index contributed by atoms with van der Waals surface area (Å²) in [5, 5.41) is 15.6. The van der Waals surface area contributed by atoms with Crippen molar-refractivity contribution in [3.8, 4) is 0 Å². The van der Waals surface area contributed by atoms with E-state index < -0.39 is 17.6 Å². The number of hydrogen-bond acceptors (Lipinski definition) is 4. The fourth-order valence-electron chi connectivity index (χ4n) is 3.50. The summed E-state index contributed by atoms with van der Waals surface area (Å²) >= 11 is 0. The average Bonchev–Trinajstić information content (AvgIpc) is 2.69. The smallest absolute Gasteiger partial charge is 0.331 e. The Hall–Kier alpha value is -1.89. The number of carbonyl (C=O) groups is 3. The zero-order valence-corrected chi connectivity index (χ0v) is 20.3. The van der Waals surface area contributed by atoms with Gasteiger partial charge in [-0.3, -0.25) is 9.59 Å². The molecule has 7 nitrogen and oxygen atoms in total. The van der Waals surface area contributed by atoms with Crippen LogP contribution in [0.2, 0.25) is 0 Å².